The van der Waals surface area contributed by atoms with Gasteiger partial charge < -0.3 is 20.3 Å². The van der Waals surface area contributed by atoms with Crippen LogP contribution in [0.2, 0.25) is 0 Å². The molecule has 124 valence electrons. The number of aromatic hydroxyl groups is 1. The molecule has 3 N–H and O–H groups in total. The molecule has 1 aliphatic heterocycles. The van der Waals surface area contributed by atoms with Gasteiger partial charge in [0.1, 0.15) is 17.1 Å². The number of carbonyl (C=O) groups is 1. The molecular weight excluding hydrogens is 306 g/mol. The molecule has 2 aromatic carbocycles. The highest BCUT2D eigenvalue weighted by Crippen LogP contribution is 2.43. The van der Waals surface area contributed by atoms with E-state index in [1.54, 1.807) is 19.1 Å². The van der Waals surface area contributed by atoms with Crippen LogP contribution in [-0.4, -0.2) is 17.7 Å². The van der Waals surface area contributed by atoms with Gasteiger partial charge in [-0.15, -0.1) is 0 Å². The van der Waals surface area contributed by atoms with Gasteiger partial charge in [0.15, 0.2) is 0 Å². The highest BCUT2D eigenvalue weighted by atomic mass is 16.5. The molecule has 0 amide bonds. The van der Waals surface area contributed by atoms with Crippen LogP contribution in [0, 0.1) is 6.92 Å². The van der Waals surface area contributed by atoms with Gasteiger partial charge in [0.2, 0.25) is 5.88 Å². The number of esters is 1. The van der Waals surface area contributed by atoms with Crippen molar-refractivity contribution in [3.8, 4) is 11.5 Å². The van der Waals surface area contributed by atoms with Gasteiger partial charge in [-0.2, -0.15) is 0 Å². The number of benzene rings is 2. The van der Waals surface area contributed by atoms with Gasteiger partial charge in [0.05, 0.1) is 12.5 Å². The molecular formula is C19H19NO4. The van der Waals surface area contributed by atoms with E-state index in [1.165, 1.54) is 6.07 Å². The van der Waals surface area contributed by atoms with E-state index >= 15 is 0 Å². The third-order valence-electron chi connectivity index (χ3n) is 3.99. The van der Waals surface area contributed by atoms with E-state index in [1.807, 2.05) is 31.2 Å². The molecule has 5 heteroatoms. The number of hydrogen-bond donors (Lipinski definition) is 2. The summed E-state index contributed by atoms with van der Waals surface area (Å²) < 4.78 is 10.7. The van der Waals surface area contributed by atoms with E-state index in [4.69, 9.17) is 15.2 Å². The SMILES string of the molecule is CCOC(=O)C1=C(N)Oc2cc(O)ccc2C1c1ccc(C)cc1. The van der Waals surface area contributed by atoms with Crippen molar-refractivity contribution in [2.45, 2.75) is 19.8 Å². The third-order valence-corrected chi connectivity index (χ3v) is 3.99. The largest absolute Gasteiger partial charge is 0.508 e. The van der Waals surface area contributed by atoms with E-state index in [-0.39, 0.29) is 23.8 Å². The second kappa shape index (κ2) is 6.28. The molecule has 0 aromatic heterocycles. The van der Waals surface area contributed by atoms with Gasteiger partial charge in [-0.05, 0) is 25.5 Å². The average Bonchev–Trinajstić information content (AvgIpc) is 2.54. The Morgan fingerprint density at radius 3 is 2.62 bits per heavy atom. The number of phenols is 1. The van der Waals surface area contributed by atoms with Gasteiger partial charge in [-0.3, -0.25) is 0 Å². The van der Waals surface area contributed by atoms with Gasteiger partial charge in [-0.1, -0.05) is 35.9 Å². The monoisotopic (exact) mass is 325 g/mol. The summed E-state index contributed by atoms with van der Waals surface area (Å²) in [5, 5.41) is 9.70. The highest BCUT2D eigenvalue weighted by Gasteiger charge is 2.35. The Labute approximate surface area is 140 Å². The molecule has 0 saturated heterocycles. The lowest BCUT2D eigenvalue weighted by Gasteiger charge is -2.28. The van der Waals surface area contributed by atoms with Crippen molar-refractivity contribution in [1.29, 1.82) is 0 Å². The predicted molar refractivity (Wildman–Crippen MR) is 89.6 cm³/mol. The normalized spacial score (nSPS) is 16.3. The number of rotatable bonds is 3. The van der Waals surface area contributed by atoms with Crippen LogP contribution in [0.25, 0.3) is 0 Å². The fourth-order valence-electron chi connectivity index (χ4n) is 2.85. The standard InChI is InChI=1S/C19H19NO4/c1-3-23-19(22)17-16(12-6-4-11(2)5-7-12)14-9-8-13(21)10-15(14)24-18(17)20/h4-10,16,21H,3,20H2,1-2H3. The first kappa shape index (κ1) is 15.9. The van der Waals surface area contributed by atoms with Crippen molar-refractivity contribution < 1.29 is 19.4 Å². The Balaban J connectivity index is 2.18. The van der Waals surface area contributed by atoms with Gasteiger partial charge in [-0.25, -0.2) is 4.79 Å². The van der Waals surface area contributed by atoms with Gasteiger partial charge in [0.25, 0.3) is 0 Å². The first-order chi connectivity index (χ1) is 11.5. The van der Waals surface area contributed by atoms with Crippen LogP contribution >= 0.6 is 0 Å². The molecule has 1 atom stereocenters. The number of fused-ring (bicyclic) bond motifs is 1. The van der Waals surface area contributed by atoms with E-state index < -0.39 is 11.9 Å². The average molecular weight is 325 g/mol. The Morgan fingerprint density at radius 1 is 1.25 bits per heavy atom. The highest BCUT2D eigenvalue weighted by molar-refractivity contribution is 5.92. The molecule has 24 heavy (non-hydrogen) atoms. The smallest absolute Gasteiger partial charge is 0.340 e. The van der Waals surface area contributed by atoms with Gasteiger partial charge >= 0.3 is 5.97 Å². The first-order valence-corrected chi connectivity index (χ1v) is 7.75. The molecule has 0 aliphatic carbocycles. The number of ether oxygens (including phenoxy) is 2. The van der Waals surface area contributed by atoms with E-state index in [2.05, 4.69) is 0 Å². The number of phenolic OH excluding ortho intramolecular Hbond substituents is 1. The quantitative estimate of drug-likeness (QED) is 0.848. The summed E-state index contributed by atoms with van der Waals surface area (Å²) in [4.78, 5) is 12.4. The molecule has 1 unspecified atom stereocenters. The van der Waals surface area contributed by atoms with Crippen molar-refractivity contribution in [1.82, 2.24) is 0 Å². The van der Waals surface area contributed by atoms with Crippen molar-refractivity contribution in [2.75, 3.05) is 6.61 Å². The van der Waals surface area contributed by atoms with Crippen LogP contribution in [0.15, 0.2) is 53.9 Å². The van der Waals surface area contributed by atoms with E-state index in [9.17, 15) is 9.90 Å². The van der Waals surface area contributed by atoms with Crippen molar-refractivity contribution >= 4 is 5.97 Å². The fraction of sp³-hybridized carbons (Fsp3) is 0.211. The lowest BCUT2D eigenvalue weighted by Crippen LogP contribution is -2.27. The van der Waals surface area contributed by atoms with E-state index in [0.717, 1.165) is 16.7 Å². The molecule has 3 rings (SSSR count). The minimum atomic E-state index is -0.501. The molecule has 2 aromatic rings. The maximum atomic E-state index is 12.4. The predicted octanol–water partition coefficient (Wildman–Crippen LogP) is 2.96. The molecule has 0 saturated carbocycles. The maximum absolute atomic E-state index is 12.4. The molecule has 5 nitrogen and oxygen atoms in total. The van der Waals surface area contributed by atoms with Crippen molar-refractivity contribution in [2.24, 2.45) is 5.73 Å². The van der Waals surface area contributed by atoms with Crippen LogP contribution in [-0.2, 0) is 9.53 Å². The summed E-state index contributed by atoms with van der Waals surface area (Å²) in [5.74, 6) is -0.402. The second-order valence-corrected chi connectivity index (χ2v) is 5.67. The summed E-state index contributed by atoms with van der Waals surface area (Å²) in [6, 6.07) is 12.6. The molecule has 1 heterocycles. The maximum Gasteiger partial charge on any atom is 0.340 e. The fourth-order valence-corrected chi connectivity index (χ4v) is 2.85. The van der Waals surface area contributed by atoms with Crippen LogP contribution in [0.4, 0.5) is 0 Å². The van der Waals surface area contributed by atoms with Gasteiger partial charge in [0, 0.05) is 11.6 Å². The minimum absolute atomic E-state index is 0.00266. The van der Waals surface area contributed by atoms with Crippen molar-refractivity contribution in [3.63, 3.8) is 0 Å². The van der Waals surface area contributed by atoms with Crippen molar-refractivity contribution in [3.05, 3.63) is 70.6 Å². The van der Waals surface area contributed by atoms with Crippen LogP contribution in [0.1, 0.15) is 29.5 Å². The Hall–Kier alpha value is -2.95. The first-order valence-electron chi connectivity index (χ1n) is 7.75. The molecule has 0 radical (unpaired) electrons. The third kappa shape index (κ3) is 2.80. The summed E-state index contributed by atoms with van der Waals surface area (Å²) in [7, 11) is 0. The molecule has 0 fully saturated rings. The van der Waals surface area contributed by atoms with E-state index in [0.29, 0.717) is 5.75 Å². The number of aryl methyl sites for hydroxylation is 1. The van der Waals surface area contributed by atoms with Crippen LogP contribution < -0.4 is 10.5 Å². The Bertz CT molecular complexity index is 809. The molecule has 0 spiro atoms. The zero-order valence-electron chi connectivity index (χ0n) is 13.6. The number of nitrogens with two attached hydrogens (primary N) is 1. The molecule has 1 aliphatic rings. The lowest BCUT2D eigenvalue weighted by molar-refractivity contribution is -0.139. The minimum Gasteiger partial charge on any atom is -0.508 e. The number of carbonyl (C=O) groups excluding carboxylic acids is 1. The zero-order chi connectivity index (χ0) is 17.3. The van der Waals surface area contributed by atoms with Crippen LogP contribution in [0.3, 0.4) is 0 Å². The zero-order valence-corrected chi connectivity index (χ0v) is 13.6. The number of hydrogen-bond acceptors (Lipinski definition) is 5. The Kier molecular flexibility index (Phi) is 4.16. The Morgan fingerprint density at radius 2 is 1.96 bits per heavy atom. The summed E-state index contributed by atoms with van der Waals surface area (Å²) in [6.07, 6.45) is 0. The summed E-state index contributed by atoms with van der Waals surface area (Å²) in [6.45, 7) is 3.99. The topological polar surface area (TPSA) is 81.8 Å². The second-order valence-electron chi connectivity index (χ2n) is 5.67. The lowest BCUT2D eigenvalue weighted by atomic mass is 9.82. The summed E-state index contributed by atoms with van der Waals surface area (Å²) in [5.41, 5.74) is 9.06. The summed E-state index contributed by atoms with van der Waals surface area (Å²) >= 11 is 0. The van der Waals surface area contributed by atoms with Crippen LogP contribution in [0.5, 0.6) is 11.5 Å². The molecule has 0 bridgehead atoms.